The van der Waals surface area contributed by atoms with Crippen LogP contribution in [-0.4, -0.2) is 7.85 Å². The summed E-state index contributed by atoms with van der Waals surface area (Å²) < 4.78 is 1.05. The second kappa shape index (κ2) is 7.76. The smallest absolute Gasteiger partial charge is 0.0961 e. The summed E-state index contributed by atoms with van der Waals surface area (Å²) in [6, 6.07) is 30.8. The topological polar surface area (TPSA) is 0 Å². The summed E-state index contributed by atoms with van der Waals surface area (Å²) >= 11 is 9.80. The third-order valence-electron chi connectivity index (χ3n) is 4.47. The Labute approximate surface area is 174 Å². The average Bonchev–Trinajstić information content (AvgIpc) is 2.68. The molecule has 2 radical (unpaired) electrons. The molecule has 0 unspecified atom stereocenters. The summed E-state index contributed by atoms with van der Waals surface area (Å²) in [5, 5.41) is 0.728. The van der Waals surface area contributed by atoms with Gasteiger partial charge in [0.05, 0.1) is 0 Å². The molecule has 4 aromatic rings. The van der Waals surface area contributed by atoms with Crippen molar-refractivity contribution in [3.8, 4) is 33.4 Å². The van der Waals surface area contributed by atoms with E-state index in [2.05, 4.69) is 58.4 Å². The summed E-state index contributed by atoms with van der Waals surface area (Å²) in [5.74, 6) is 0. The molecule has 0 spiro atoms. The van der Waals surface area contributed by atoms with Crippen LogP contribution in [0.1, 0.15) is 0 Å². The number of benzene rings is 4. The van der Waals surface area contributed by atoms with Gasteiger partial charge in [0.25, 0.3) is 0 Å². The molecule has 0 aliphatic heterocycles. The summed E-state index contributed by atoms with van der Waals surface area (Å²) in [4.78, 5) is 0. The third-order valence-corrected chi connectivity index (χ3v) is 5.20. The summed E-state index contributed by atoms with van der Waals surface area (Å²) in [6.45, 7) is 0. The lowest BCUT2D eigenvalue weighted by Gasteiger charge is -2.12. The van der Waals surface area contributed by atoms with Crippen LogP contribution in [0.15, 0.2) is 95.5 Å². The Morgan fingerprint density at radius 3 is 1.63 bits per heavy atom. The van der Waals surface area contributed by atoms with Gasteiger partial charge in [0.1, 0.15) is 7.85 Å². The van der Waals surface area contributed by atoms with Crippen LogP contribution in [0, 0.1) is 0 Å². The molecular formula is C24H15BBrCl. The molecule has 128 valence electrons. The van der Waals surface area contributed by atoms with E-state index in [1.165, 1.54) is 0 Å². The van der Waals surface area contributed by atoms with Crippen molar-refractivity contribution in [2.75, 3.05) is 0 Å². The van der Waals surface area contributed by atoms with Gasteiger partial charge in [-0.25, -0.2) is 0 Å². The van der Waals surface area contributed by atoms with E-state index in [4.69, 9.17) is 19.4 Å². The van der Waals surface area contributed by atoms with E-state index >= 15 is 0 Å². The second-order valence-corrected chi connectivity index (χ2v) is 7.80. The highest BCUT2D eigenvalue weighted by atomic mass is 79.9. The number of halogens is 2. The summed E-state index contributed by atoms with van der Waals surface area (Å²) in [6.07, 6.45) is 0. The SMILES string of the molecule is [B]c1cccc(-c2cc(-c3cccc(Cl)c3)cc(-c3cccc(Br)c3)c2)c1. The summed E-state index contributed by atoms with van der Waals surface area (Å²) in [5.41, 5.74) is 7.47. The van der Waals surface area contributed by atoms with Crippen LogP contribution in [0.3, 0.4) is 0 Å². The van der Waals surface area contributed by atoms with Crippen molar-refractivity contribution in [2.24, 2.45) is 0 Å². The van der Waals surface area contributed by atoms with Gasteiger partial charge in [0.15, 0.2) is 0 Å². The number of hydrogen-bond acceptors (Lipinski definition) is 0. The van der Waals surface area contributed by atoms with Gasteiger partial charge in [-0.05, 0) is 75.8 Å². The Morgan fingerprint density at radius 2 is 1.07 bits per heavy atom. The lowest BCUT2D eigenvalue weighted by atomic mass is 9.89. The van der Waals surface area contributed by atoms with Gasteiger partial charge in [-0.1, -0.05) is 81.5 Å². The second-order valence-electron chi connectivity index (χ2n) is 6.45. The number of rotatable bonds is 3. The Kier molecular flexibility index (Phi) is 5.20. The lowest BCUT2D eigenvalue weighted by Crippen LogP contribution is -2.00. The minimum absolute atomic E-state index is 0.728. The van der Waals surface area contributed by atoms with Crippen LogP contribution < -0.4 is 5.46 Å². The average molecular weight is 430 g/mol. The molecule has 0 aliphatic rings. The van der Waals surface area contributed by atoms with E-state index < -0.39 is 0 Å². The molecule has 0 saturated carbocycles. The van der Waals surface area contributed by atoms with Crippen molar-refractivity contribution in [3.63, 3.8) is 0 Å². The zero-order valence-electron chi connectivity index (χ0n) is 14.5. The van der Waals surface area contributed by atoms with Crippen molar-refractivity contribution in [2.45, 2.75) is 0 Å². The zero-order valence-corrected chi connectivity index (χ0v) is 16.8. The molecule has 0 fully saturated rings. The van der Waals surface area contributed by atoms with Crippen LogP contribution in [0.2, 0.25) is 5.02 Å². The standard InChI is InChI=1S/C24H15BBrCl/c25-22-7-1-4-16(13-22)19-10-20(17-5-2-8-23(26)14-17)12-21(11-19)18-6-3-9-24(27)15-18/h1-15H. The highest BCUT2D eigenvalue weighted by molar-refractivity contribution is 9.10. The quantitative estimate of drug-likeness (QED) is 0.311. The van der Waals surface area contributed by atoms with Gasteiger partial charge in [0.2, 0.25) is 0 Å². The molecule has 0 amide bonds. The first-order chi connectivity index (χ1) is 13.1. The van der Waals surface area contributed by atoms with Crippen LogP contribution >= 0.6 is 27.5 Å². The minimum Gasteiger partial charge on any atom is -0.0961 e. The van der Waals surface area contributed by atoms with E-state index in [1.54, 1.807) is 0 Å². The maximum absolute atomic E-state index is 6.23. The van der Waals surface area contributed by atoms with Gasteiger partial charge in [-0.3, -0.25) is 0 Å². The van der Waals surface area contributed by atoms with Crippen molar-refractivity contribution in [1.82, 2.24) is 0 Å². The maximum Gasteiger partial charge on any atom is 0.113 e. The highest BCUT2D eigenvalue weighted by Gasteiger charge is 2.08. The lowest BCUT2D eigenvalue weighted by molar-refractivity contribution is 1.56. The summed E-state index contributed by atoms with van der Waals surface area (Å²) in [7, 11) is 6.01. The Hall–Kier alpha value is -2.29. The molecule has 0 N–H and O–H groups in total. The highest BCUT2D eigenvalue weighted by Crippen LogP contribution is 2.34. The largest absolute Gasteiger partial charge is 0.113 e. The predicted octanol–water partition coefficient (Wildman–Crippen LogP) is 6.90. The van der Waals surface area contributed by atoms with E-state index in [0.717, 1.165) is 48.3 Å². The minimum atomic E-state index is 0.728. The molecule has 0 aromatic heterocycles. The molecule has 0 heterocycles. The molecule has 27 heavy (non-hydrogen) atoms. The van der Waals surface area contributed by atoms with Crippen LogP contribution in [0.25, 0.3) is 33.4 Å². The molecule has 0 nitrogen and oxygen atoms in total. The van der Waals surface area contributed by atoms with Crippen molar-refractivity contribution >= 4 is 40.8 Å². The fraction of sp³-hybridized carbons (Fsp3) is 0. The van der Waals surface area contributed by atoms with Crippen molar-refractivity contribution < 1.29 is 0 Å². The van der Waals surface area contributed by atoms with Crippen LogP contribution in [0.4, 0.5) is 0 Å². The van der Waals surface area contributed by atoms with Crippen LogP contribution in [-0.2, 0) is 0 Å². The Balaban J connectivity index is 1.94. The zero-order chi connectivity index (χ0) is 18.8. The molecule has 0 aliphatic carbocycles. The van der Waals surface area contributed by atoms with Gasteiger partial charge in [-0.2, -0.15) is 0 Å². The molecular weight excluding hydrogens is 414 g/mol. The van der Waals surface area contributed by atoms with Gasteiger partial charge >= 0.3 is 0 Å². The predicted molar refractivity (Wildman–Crippen MR) is 121 cm³/mol. The fourth-order valence-corrected chi connectivity index (χ4v) is 3.77. The first kappa shape index (κ1) is 18.1. The van der Waals surface area contributed by atoms with E-state index in [-0.39, 0.29) is 0 Å². The molecule has 0 atom stereocenters. The number of hydrogen-bond donors (Lipinski definition) is 0. The normalized spacial score (nSPS) is 10.7. The third kappa shape index (κ3) is 4.18. The van der Waals surface area contributed by atoms with Gasteiger partial charge < -0.3 is 0 Å². The van der Waals surface area contributed by atoms with Crippen molar-refractivity contribution in [1.29, 1.82) is 0 Å². The molecule has 0 bridgehead atoms. The molecule has 0 saturated heterocycles. The monoisotopic (exact) mass is 428 g/mol. The van der Waals surface area contributed by atoms with Gasteiger partial charge in [-0.15, -0.1) is 0 Å². The van der Waals surface area contributed by atoms with E-state index in [0.29, 0.717) is 0 Å². The maximum atomic E-state index is 6.23. The van der Waals surface area contributed by atoms with E-state index in [1.807, 2.05) is 48.5 Å². The Bertz CT molecular complexity index is 967. The van der Waals surface area contributed by atoms with E-state index in [9.17, 15) is 0 Å². The van der Waals surface area contributed by atoms with Gasteiger partial charge in [0, 0.05) is 9.50 Å². The Morgan fingerprint density at radius 1 is 0.556 bits per heavy atom. The molecule has 4 aromatic carbocycles. The van der Waals surface area contributed by atoms with Crippen molar-refractivity contribution in [3.05, 3.63) is 100 Å². The molecule has 3 heteroatoms. The fourth-order valence-electron chi connectivity index (χ4n) is 3.18. The first-order valence-electron chi connectivity index (χ1n) is 8.61. The molecule has 4 rings (SSSR count). The van der Waals surface area contributed by atoms with Crippen LogP contribution in [0.5, 0.6) is 0 Å². The first-order valence-corrected chi connectivity index (χ1v) is 9.78.